The molecule has 1 aromatic carbocycles. The number of allylic oxidation sites excluding steroid dienone is 1. The molecule has 5 nitrogen and oxygen atoms in total. The largest absolute Gasteiger partial charge is 0.351 e. The second-order valence-corrected chi connectivity index (χ2v) is 6.84. The highest BCUT2D eigenvalue weighted by molar-refractivity contribution is 5.94. The summed E-state index contributed by atoms with van der Waals surface area (Å²) in [7, 11) is 3.94. The van der Waals surface area contributed by atoms with Gasteiger partial charge >= 0.3 is 0 Å². The summed E-state index contributed by atoms with van der Waals surface area (Å²) in [5.41, 5.74) is 2.88. The number of nitrogens with one attached hydrogen (secondary N) is 2. The van der Waals surface area contributed by atoms with Crippen LogP contribution in [0.15, 0.2) is 35.9 Å². The van der Waals surface area contributed by atoms with Crippen molar-refractivity contribution in [1.82, 2.24) is 15.5 Å². The van der Waals surface area contributed by atoms with Crippen molar-refractivity contribution in [3.63, 3.8) is 0 Å². The number of hydrogen-bond donors (Lipinski definition) is 2. The fourth-order valence-electron chi connectivity index (χ4n) is 2.84. The van der Waals surface area contributed by atoms with E-state index < -0.39 is 0 Å². The van der Waals surface area contributed by atoms with Crippen LogP contribution < -0.4 is 10.6 Å². The van der Waals surface area contributed by atoms with E-state index in [1.165, 1.54) is 24.8 Å². The standard InChI is InChI=1S/C20H29N3O2/c1-23(2)13-12-21-20(25)18-10-8-17(9-11-18)15-22-19(24)14-16-6-4-3-5-7-16/h8-11,14H,3-7,12-13,15H2,1-2H3,(H,21,25)(H,22,24). The van der Waals surface area contributed by atoms with E-state index in [0.717, 1.165) is 24.9 Å². The van der Waals surface area contributed by atoms with Crippen molar-refractivity contribution in [3.05, 3.63) is 47.0 Å². The summed E-state index contributed by atoms with van der Waals surface area (Å²) in [5.74, 6) is -0.0955. The van der Waals surface area contributed by atoms with E-state index in [9.17, 15) is 9.59 Å². The molecular weight excluding hydrogens is 314 g/mol. The molecule has 136 valence electrons. The van der Waals surface area contributed by atoms with Gasteiger partial charge < -0.3 is 15.5 Å². The average molecular weight is 343 g/mol. The van der Waals surface area contributed by atoms with Crippen molar-refractivity contribution in [1.29, 1.82) is 0 Å². The van der Waals surface area contributed by atoms with Gasteiger partial charge in [0.2, 0.25) is 5.91 Å². The molecule has 0 bridgehead atoms. The molecule has 0 unspecified atom stereocenters. The van der Waals surface area contributed by atoms with Crippen molar-refractivity contribution in [3.8, 4) is 0 Å². The quantitative estimate of drug-likeness (QED) is 0.748. The summed E-state index contributed by atoms with van der Waals surface area (Å²) >= 11 is 0. The highest BCUT2D eigenvalue weighted by atomic mass is 16.2. The minimum absolute atomic E-state index is 0.0256. The Labute approximate surface area is 150 Å². The van der Waals surface area contributed by atoms with Crippen LogP contribution in [0.3, 0.4) is 0 Å². The molecule has 2 N–H and O–H groups in total. The number of carbonyl (C=O) groups excluding carboxylic acids is 2. The highest BCUT2D eigenvalue weighted by Gasteiger charge is 2.08. The van der Waals surface area contributed by atoms with Crippen LogP contribution in [-0.4, -0.2) is 43.9 Å². The van der Waals surface area contributed by atoms with Crippen LogP contribution in [-0.2, 0) is 11.3 Å². The lowest BCUT2D eigenvalue weighted by Gasteiger charge is -2.13. The van der Waals surface area contributed by atoms with Gasteiger partial charge in [0.05, 0.1) is 0 Å². The second kappa shape index (κ2) is 9.99. The first-order valence-electron chi connectivity index (χ1n) is 9.04. The van der Waals surface area contributed by atoms with Gasteiger partial charge in [-0.15, -0.1) is 0 Å². The first kappa shape index (κ1) is 19.2. The Bertz CT molecular complexity index is 598. The van der Waals surface area contributed by atoms with E-state index in [4.69, 9.17) is 0 Å². The number of hydrogen-bond acceptors (Lipinski definition) is 3. The van der Waals surface area contributed by atoms with Crippen LogP contribution in [0.2, 0.25) is 0 Å². The molecule has 1 fully saturated rings. The molecule has 1 saturated carbocycles. The lowest BCUT2D eigenvalue weighted by molar-refractivity contribution is -0.116. The third kappa shape index (κ3) is 7.10. The number of amides is 2. The minimum Gasteiger partial charge on any atom is -0.351 e. The molecule has 25 heavy (non-hydrogen) atoms. The average Bonchev–Trinajstić information content (AvgIpc) is 2.61. The molecule has 1 aliphatic rings. The molecule has 2 amide bonds. The Kier molecular flexibility index (Phi) is 7.67. The third-order valence-corrected chi connectivity index (χ3v) is 4.36. The van der Waals surface area contributed by atoms with Gasteiger partial charge in [0.25, 0.3) is 5.91 Å². The SMILES string of the molecule is CN(C)CCNC(=O)c1ccc(CNC(=O)C=C2CCCCC2)cc1. The van der Waals surface area contributed by atoms with Gasteiger partial charge in [-0.05, 0) is 57.5 Å². The molecule has 0 spiro atoms. The van der Waals surface area contributed by atoms with Gasteiger partial charge in [0, 0.05) is 31.3 Å². The molecular formula is C20H29N3O2. The number of benzene rings is 1. The summed E-state index contributed by atoms with van der Waals surface area (Å²) in [6, 6.07) is 7.36. The topological polar surface area (TPSA) is 61.4 Å². The van der Waals surface area contributed by atoms with Crippen molar-refractivity contribution >= 4 is 11.8 Å². The van der Waals surface area contributed by atoms with E-state index in [0.29, 0.717) is 18.7 Å². The van der Waals surface area contributed by atoms with Crippen LogP contribution >= 0.6 is 0 Å². The maximum absolute atomic E-state index is 12.0. The second-order valence-electron chi connectivity index (χ2n) is 6.84. The Morgan fingerprint density at radius 2 is 1.72 bits per heavy atom. The van der Waals surface area contributed by atoms with Gasteiger partial charge in [-0.3, -0.25) is 9.59 Å². The van der Waals surface area contributed by atoms with Gasteiger partial charge in [0.15, 0.2) is 0 Å². The summed E-state index contributed by atoms with van der Waals surface area (Å²) in [6.45, 7) is 1.91. The van der Waals surface area contributed by atoms with Crippen molar-refractivity contribution in [2.45, 2.75) is 38.6 Å². The zero-order valence-corrected chi connectivity index (χ0v) is 15.3. The maximum Gasteiger partial charge on any atom is 0.251 e. The maximum atomic E-state index is 12.0. The smallest absolute Gasteiger partial charge is 0.251 e. The highest BCUT2D eigenvalue weighted by Crippen LogP contribution is 2.22. The van der Waals surface area contributed by atoms with Crippen molar-refractivity contribution in [2.75, 3.05) is 27.2 Å². The van der Waals surface area contributed by atoms with Crippen molar-refractivity contribution < 1.29 is 9.59 Å². The number of nitrogens with zero attached hydrogens (tertiary/aromatic N) is 1. The monoisotopic (exact) mass is 343 g/mol. The minimum atomic E-state index is -0.0699. The summed E-state index contributed by atoms with van der Waals surface area (Å²) in [4.78, 5) is 26.0. The molecule has 2 rings (SSSR count). The fourth-order valence-corrected chi connectivity index (χ4v) is 2.84. The van der Waals surface area contributed by atoms with E-state index >= 15 is 0 Å². The summed E-state index contributed by atoms with van der Waals surface area (Å²) in [5, 5.41) is 5.81. The first-order valence-corrected chi connectivity index (χ1v) is 9.04. The summed E-state index contributed by atoms with van der Waals surface area (Å²) < 4.78 is 0. The number of rotatable bonds is 7. The van der Waals surface area contributed by atoms with Gasteiger partial charge in [-0.2, -0.15) is 0 Å². The molecule has 0 atom stereocenters. The number of carbonyl (C=O) groups is 2. The lowest BCUT2D eigenvalue weighted by Crippen LogP contribution is -2.31. The van der Waals surface area contributed by atoms with E-state index in [2.05, 4.69) is 10.6 Å². The molecule has 0 radical (unpaired) electrons. The van der Waals surface area contributed by atoms with Gasteiger partial charge in [-0.1, -0.05) is 24.1 Å². The molecule has 5 heteroatoms. The molecule has 0 heterocycles. The zero-order chi connectivity index (χ0) is 18.1. The first-order chi connectivity index (χ1) is 12.0. The zero-order valence-electron chi connectivity index (χ0n) is 15.3. The molecule has 0 saturated heterocycles. The van der Waals surface area contributed by atoms with E-state index in [1.54, 1.807) is 18.2 Å². The van der Waals surface area contributed by atoms with Gasteiger partial charge in [0.1, 0.15) is 0 Å². The molecule has 1 aromatic rings. The van der Waals surface area contributed by atoms with Crippen LogP contribution in [0.5, 0.6) is 0 Å². The normalized spacial score (nSPS) is 14.3. The Morgan fingerprint density at radius 3 is 2.36 bits per heavy atom. The molecule has 0 aliphatic heterocycles. The number of likely N-dealkylation sites (N-methyl/N-ethyl adjacent to an activating group) is 1. The third-order valence-electron chi connectivity index (χ3n) is 4.36. The van der Waals surface area contributed by atoms with E-state index in [-0.39, 0.29) is 11.8 Å². The molecule has 1 aliphatic carbocycles. The van der Waals surface area contributed by atoms with Crippen LogP contribution in [0.25, 0.3) is 0 Å². The predicted molar refractivity (Wildman–Crippen MR) is 100 cm³/mol. The fraction of sp³-hybridized carbons (Fsp3) is 0.500. The van der Waals surface area contributed by atoms with Crippen LogP contribution in [0.4, 0.5) is 0 Å². The van der Waals surface area contributed by atoms with Crippen LogP contribution in [0, 0.1) is 0 Å². The summed E-state index contributed by atoms with van der Waals surface area (Å²) in [6.07, 6.45) is 7.50. The van der Waals surface area contributed by atoms with Crippen molar-refractivity contribution in [2.24, 2.45) is 0 Å². The Balaban J connectivity index is 1.77. The Morgan fingerprint density at radius 1 is 1.04 bits per heavy atom. The Hall–Kier alpha value is -2.14. The lowest BCUT2D eigenvalue weighted by atomic mass is 9.94. The van der Waals surface area contributed by atoms with Gasteiger partial charge in [-0.25, -0.2) is 0 Å². The van der Waals surface area contributed by atoms with Crippen LogP contribution in [0.1, 0.15) is 48.0 Å². The van der Waals surface area contributed by atoms with E-state index in [1.807, 2.05) is 31.1 Å². The molecule has 0 aromatic heterocycles. The predicted octanol–water partition coefficient (Wildman–Crippen LogP) is 2.48.